The molecule has 0 atom stereocenters. The zero-order valence-corrected chi connectivity index (χ0v) is 12.3. The maximum Gasteiger partial charge on any atom is 0.412 e. The summed E-state index contributed by atoms with van der Waals surface area (Å²) >= 11 is 0. The van der Waals surface area contributed by atoms with E-state index in [9.17, 15) is 9.59 Å². The Morgan fingerprint density at radius 1 is 1.14 bits per heavy atom. The second-order valence-electron chi connectivity index (χ2n) is 5.13. The van der Waals surface area contributed by atoms with Crippen LogP contribution in [0.2, 0.25) is 0 Å². The van der Waals surface area contributed by atoms with Gasteiger partial charge in [-0.25, -0.2) is 4.79 Å². The van der Waals surface area contributed by atoms with Crippen molar-refractivity contribution in [3.05, 3.63) is 41.6 Å². The molecule has 1 aliphatic rings. The van der Waals surface area contributed by atoms with Crippen LogP contribution in [0.25, 0.3) is 0 Å². The first-order valence-electron chi connectivity index (χ1n) is 7.45. The van der Waals surface area contributed by atoms with Crippen molar-refractivity contribution in [1.82, 2.24) is 0 Å². The van der Waals surface area contributed by atoms with Gasteiger partial charge >= 0.3 is 18.0 Å². The van der Waals surface area contributed by atoms with Gasteiger partial charge in [0.05, 0.1) is 10.3 Å². The van der Waals surface area contributed by atoms with Crippen molar-refractivity contribution in [3.63, 3.8) is 0 Å². The molecule has 0 unspecified atom stereocenters. The zero-order valence-electron chi connectivity index (χ0n) is 12.3. The number of ketones is 1. The second kappa shape index (κ2) is 7.55. The van der Waals surface area contributed by atoms with Crippen LogP contribution in [0.4, 0.5) is 0 Å². The fraction of sp³-hybridized carbons (Fsp3) is 0.412. The SMILES string of the molecule is CCCCCCCC(=O)c1cccc(C(=O)O[N+]2=C=C2)c1. The Hall–Kier alpha value is -2.19. The minimum Gasteiger partial charge on any atom is -0.294 e. The maximum absolute atomic E-state index is 12.1. The van der Waals surface area contributed by atoms with E-state index in [1.54, 1.807) is 24.3 Å². The van der Waals surface area contributed by atoms with E-state index in [4.69, 9.17) is 4.84 Å². The number of carbonyl (C=O) groups is 2. The van der Waals surface area contributed by atoms with Crippen molar-refractivity contribution < 1.29 is 19.2 Å². The first-order valence-corrected chi connectivity index (χ1v) is 7.45. The van der Waals surface area contributed by atoms with Gasteiger partial charge in [0.15, 0.2) is 5.78 Å². The number of carbonyl (C=O) groups excluding carboxylic acids is 2. The number of hydroxylamine groups is 1. The average molecular weight is 286 g/mol. The summed E-state index contributed by atoms with van der Waals surface area (Å²) in [6.07, 6.45) is 7.62. The predicted molar refractivity (Wildman–Crippen MR) is 79.4 cm³/mol. The minimum atomic E-state index is -0.478. The van der Waals surface area contributed by atoms with E-state index >= 15 is 0 Å². The number of benzene rings is 1. The van der Waals surface area contributed by atoms with E-state index in [0.717, 1.165) is 12.8 Å². The van der Waals surface area contributed by atoms with Gasteiger partial charge in [-0.2, -0.15) is 4.84 Å². The van der Waals surface area contributed by atoms with Crippen LogP contribution in [-0.2, 0) is 4.84 Å². The Morgan fingerprint density at radius 2 is 1.86 bits per heavy atom. The van der Waals surface area contributed by atoms with E-state index in [1.807, 2.05) is 0 Å². The fourth-order valence-electron chi connectivity index (χ4n) is 2.07. The zero-order chi connectivity index (χ0) is 15.1. The molecule has 0 aromatic heterocycles. The van der Waals surface area contributed by atoms with Crippen LogP contribution in [0.3, 0.4) is 0 Å². The van der Waals surface area contributed by atoms with Gasteiger partial charge in [-0.3, -0.25) is 4.79 Å². The summed E-state index contributed by atoms with van der Waals surface area (Å²) in [5.41, 5.74) is 0.955. The lowest BCUT2D eigenvalue weighted by molar-refractivity contribution is -0.674. The Morgan fingerprint density at radius 3 is 2.57 bits per heavy atom. The molecule has 0 spiro atoms. The Balaban J connectivity index is 1.85. The van der Waals surface area contributed by atoms with Crippen LogP contribution in [-0.4, -0.2) is 22.4 Å². The third-order valence-electron chi connectivity index (χ3n) is 3.34. The molecular weight excluding hydrogens is 266 g/mol. The van der Waals surface area contributed by atoms with Crippen molar-refractivity contribution >= 4 is 17.6 Å². The predicted octanol–water partition coefficient (Wildman–Crippen LogP) is 3.51. The molecule has 1 aromatic carbocycles. The molecule has 21 heavy (non-hydrogen) atoms. The molecule has 0 bridgehead atoms. The van der Waals surface area contributed by atoms with Crippen molar-refractivity contribution in [1.29, 1.82) is 0 Å². The first kappa shape index (κ1) is 15.2. The molecular formula is C17H20NO3+. The summed E-state index contributed by atoms with van der Waals surface area (Å²) in [6, 6.07) is 6.69. The second-order valence-corrected chi connectivity index (χ2v) is 5.13. The molecule has 0 radical (unpaired) electrons. The molecule has 0 saturated heterocycles. The van der Waals surface area contributed by atoms with Crippen LogP contribution in [0.5, 0.6) is 0 Å². The van der Waals surface area contributed by atoms with E-state index in [0.29, 0.717) is 17.5 Å². The van der Waals surface area contributed by atoms with E-state index in [1.165, 1.54) is 30.2 Å². The number of hydrogen-bond donors (Lipinski definition) is 0. The van der Waals surface area contributed by atoms with Gasteiger partial charge in [0.25, 0.3) is 0 Å². The molecule has 0 fully saturated rings. The lowest BCUT2D eigenvalue weighted by Gasteiger charge is -2.03. The molecule has 1 aliphatic heterocycles. The van der Waals surface area contributed by atoms with Crippen molar-refractivity contribution in [3.8, 4) is 0 Å². The van der Waals surface area contributed by atoms with Crippen LogP contribution in [0.15, 0.2) is 30.5 Å². The van der Waals surface area contributed by atoms with Gasteiger partial charge < -0.3 is 0 Å². The van der Waals surface area contributed by atoms with Gasteiger partial charge in [0, 0.05) is 12.0 Å². The lowest BCUT2D eigenvalue weighted by Crippen LogP contribution is -2.09. The van der Waals surface area contributed by atoms with E-state index in [2.05, 4.69) is 12.8 Å². The number of Topliss-reactive ketones (excluding diaryl/α,β-unsaturated/α-hetero) is 1. The summed E-state index contributed by atoms with van der Waals surface area (Å²) < 4.78 is 1.21. The number of hydrogen-bond acceptors (Lipinski definition) is 3. The fourth-order valence-corrected chi connectivity index (χ4v) is 2.07. The number of rotatable bonds is 9. The highest BCUT2D eigenvalue weighted by Gasteiger charge is 2.21. The van der Waals surface area contributed by atoms with Gasteiger partial charge in [-0.05, 0) is 18.6 Å². The van der Waals surface area contributed by atoms with E-state index < -0.39 is 5.97 Å². The standard InChI is InChI=1S/C17H20NO3/c1-2-3-4-5-6-10-16(19)14-8-7-9-15(13-14)17(20)21-18-11-12-18/h7-9,11,13H,2-6,10H2,1H3/q+1. The molecule has 2 rings (SSSR count). The molecule has 0 saturated carbocycles. The molecule has 4 nitrogen and oxygen atoms in total. The van der Waals surface area contributed by atoms with Crippen LogP contribution >= 0.6 is 0 Å². The maximum atomic E-state index is 12.1. The van der Waals surface area contributed by atoms with Crippen molar-refractivity contribution in [2.24, 2.45) is 0 Å². The van der Waals surface area contributed by atoms with E-state index in [-0.39, 0.29) is 5.78 Å². The van der Waals surface area contributed by atoms with Crippen molar-refractivity contribution in [2.45, 2.75) is 45.4 Å². The minimum absolute atomic E-state index is 0.0811. The smallest absolute Gasteiger partial charge is 0.294 e. The largest absolute Gasteiger partial charge is 0.412 e. The topological polar surface area (TPSA) is 46.4 Å². The average Bonchev–Trinajstić information content (AvgIpc) is 3.31. The lowest BCUT2D eigenvalue weighted by atomic mass is 10.0. The first-order chi connectivity index (χ1) is 10.2. The Kier molecular flexibility index (Phi) is 5.47. The van der Waals surface area contributed by atoms with Crippen molar-refractivity contribution in [2.75, 3.05) is 0 Å². The van der Waals surface area contributed by atoms with Crippen LogP contribution in [0, 0.1) is 0 Å². The third-order valence-corrected chi connectivity index (χ3v) is 3.34. The molecule has 0 amide bonds. The molecule has 0 N–H and O–H groups in total. The molecule has 1 aromatic rings. The van der Waals surface area contributed by atoms with Crippen LogP contribution < -0.4 is 0 Å². The number of unbranched alkanes of at least 4 members (excludes halogenated alkanes) is 4. The van der Waals surface area contributed by atoms with Gasteiger partial charge in [0.1, 0.15) is 0 Å². The summed E-state index contributed by atoms with van der Waals surface area (Å²) in [5, 5.41) is 0. The summed E-state index contributed by atoms with van der Waals surface area (Å²) in [5.74, 6) is 2.22. The van der Waals surface area contributed by atoms with Gasteiger partial charge in [0.2, 0.25) is 0 Å². The molecule has 0 aliphatic carbocycles. The Labute approximate surface area is 124 Å². The molecule has 1 heterocycles. The highest BCUT2D eigenvalue weighted by atomic mass is 16.7. The quantitative estimate of drug-likeness (QED) is 0.302. The van der Waals surface area contributed by atoms with Gasteiger partial charge in [-0.1, -0.05) is 44.7 Å². The Bertz CT molecular complexity index is 598. The third kappa shape index (κ3) is 5.01. The molecule has 110 valence electrons. The normalized spacial score (nSPS) is 12.0. The summed E-state index contributed by atoms with van der Waals surface area (Å²) in [4.78, 5) is 28.8. The summed E-state index contributed by atoms with van der Waals surface area (Å²) in [6.45, 7) is 2.17. The number of nitrogens with zero attached hydrogens (tertiary/aromatic N) is 1. The van der Waals surface area contributed by atoms with Crippen LogP contribution in [0.1, 0.15) is 66.2 Å². The summed E-state index contributed by atoms with van der Waals surface area (Å²) in [7, 11) is 0. The highest BCUT2D eigenvalue weighted by Crippen LogP contribution is 2.13. The molecule has 4 heteroatoms. The monoisotopic (exact) mass is 286 g/mol. The van der Waals surface area contributed by atoms with Gasteiger partial charge in [-0.15, -0.1) is 0 Å². The highest BCUT2D eigenvalue weighted by molar-refractivity contribution is 5.99.